The Labute approximate surface area is 120 Å². The van der Waals surface area contributed by atoms with Crippen LogP contribution in [0.25, 0.3) is 0 Å². The van der Waals surface area contributed by atoms with E-state index in [1.807, 2.05) is 0 Å². The number of aliphatic carboxylic acids is 1. The van der Waals surface area contributed by atoms with Gasteiger partial charge >= 0.3 is 12.0 Å². The van der Waals surface area contributed by atoms with E-state index in [2.05, 4.69) is 29.4 Å². The van der Waals surface area contributed by atoms with Crippen molar-refractivity contribution in [3.63, 3.8) is 0 Å². The van der Waals surface area contributed by atoms with Crippen molar-refractivity contribution in [2.45, 2.75) is 52.1 Å². The molecular weight excluding hydrogens is 258 g/mol. The fourth-order valence-electron chi connectivity index (χ4n) is 2.32. The zero-order valence-electron chi connectivity index (χ0n) is 12.9. The molecule has 20 heavy (non-hydrogen) atoms. The van der Waals surface area contributed by atoms with Crippen molar-refractivity contribution in [2.24, 2.45) is 5.92 Å². The highest BCUT2D eigenvalue weighted by Gasteiger charge is 2.33. The van der Waals surface area contributed by atoms with Crippen molar-refractivity contribution in [1.82, 2.24) is 15.5 Å². The van der Waals surface area contributed by atoms with Crippen molar-refractivity contribution in [3.8, 4) is 0 Å². The highest BCUT2D eigenvalue weighted by Crippen LogP contribution is 2.17. The number of likely N-dealkylation sites (tertiary alicyclic amines) is 1. The molecule has 6 heteroatoms. The van der Waals surface area contributed by atoms with Crippen molar-refractivity contribution >= 4 is 12.0 Å². The molecule has 2 unspecified atom stereocenters. The fraction of sp³-hybridized carbons (Fsp3) is 0.857. The third kappa shape index (κ3) is 4.37. The van der Waals surface area contributed by atoms with E-state index in [0.29, 0.717) is 24.9 Å². The number of carbonyl (C=O) groups is 2. The molecule has 0 saturated carbocycles. The first kappa shape index (κ1) is 16.8. The largest absolute Gasteiger partial charge is 0.480 e. The first-order valence-electron chi connectivity index (χ1n) is 7.32. The van der Waals surface area contributed by atoms with Crippen molar-refractivity contribution in [1.29, 1.82) is 0 Å². The molecule has 2 atom stereocenters. The van der Waals surface area contributed by atoms with E-state index in [4.69, 9.17) is 5.11 Å². The lowest BCUT2D eigenvalue weighted by Gasteiger charge is -2.25. The van der Waals surface area contributed by atoms with Gasteiger partial charge in [-0.15, -0.1) is 0 Å². The summed E-state index contributed by atoms with van der Waals surface area (Å²) in [4.78, 5) is 25.3. The molecule has 1 aliphatic heterocycles. The van der Waals surface area contributed by atoms with Crippen molar-refractivity contribution < 1.29 is 14.7 Å². The molecule has 6 nitrogen and oxygen atoms in total. The zero-order valence-corrected chi connectivity index (χ0v) is 12.9. The predicted molar refractivity (Wildman–Crippen MR) is 77.7 cm³/mol. The summed E-state index contributed by atoms with van der Waals surface area (Å²) >= 11 is 0. The molecule has 1 aliphatic rings. The smallest absolute Gasteiger partial charge is 0.329 e. The van der Waals surface area contributed by atoms with E-state index < -0.39 is 17.5 Å². The molecule has 3 N–H and O–H groups in total. The molecule has 1 saturated heterocycles. The van der Waals surface area contributed by atoms with E-state index in [-0.39, 0.29) is 0 Å². The third-order valence-corrected chi connectivity index (χ3v) is 4.17. The molecule has 1 rings (SSSR count). The van der Waals surface area contributed by atoms with Gasteiger partial charge in [-0.1, -0.05) is 6.92 Å². The molecule has 0 aromatic rings. The summed E-state index contributed by atoms with van der Waals surface area (Å²) in [5.74, 6) is -0.567. The van der Waals surface area contributed by atoms with Crippen LogP contribution < -0.4 is 10.6 Å². The molecule has 0 bridgehead atoms. The summed E-state index contributed by atoms with van der Waals surface area (Å²) in [5, 5.41) is 14.4. The topological polar surface area (TPSA) is 81.7 Å². The van der Waals surface area contributed by atoms with Gasteiger partial charge in [-0.05, 0) is 46.1 Å². The molecule has 0 aliphatic carbocycles. The van der Waals surface area contributed by atoms with E-state index in [1.165, 1.54) is 6.92 Å². The number of carboxylic acid groups (broad SMARTS) is 1. The minimum absolute atomic E-state index is 0.348. The van der Waals surface area contributed by atoms with Gasteiger partial charge in [-0.25, -0.2) is 9.59 Å². The Morgan fingerprint density at radius 3 is 2.55 bits per heavy atom. The number of rotatable bonds is 6. The van der Waals surface area contributed by atoms with Crippen molar-refractivity contribution in [3.05, 3.63) is 0 Å². The maximum Gasteiger partial charge on any atom is 0.329 e. The Hall–Kier alpha value is -1.30. The van der Waals surface area contributed by atoms with Crippen molar-refractivity contribution in [2.75, 3.05) is 19.6 Å². The Bertz CT molecular complexity index is 360. The van der Waals surface area contributed by atoms with Crippen LogP contribution >= 0.6 is 0 Å². The summed E-state index contributed by atoms with van der Waals surface area (Å²) in [5.41, 5.74) is -1.20. The Morgan fingerprint density at radius 2 is 2.10 bits per heavy atom. The lowest BCUT2D eigenvalue weighted by Crippen LogP contribution is -2.55. The number of amides is 2. The zero-order chi connectivity index (χ0) is 15.3. The molecule has 1 heterocycles. The summed E-state index contributed by atoms with van der Waals surface area (Å²) in [6, 6.07) is 0.129. The molecule has 116 valence electrons. The fourth-order valence-corrected chi connectivity index (χ4v) is 2.32. The van der Waals surface area contributed by atoms with Crippen LogP contribution in [-0.2, 0) is 4.79 Å². The van der Waals surface area contributed by atoms with Gasteiger partial charge in [0.1, 0.15) is 5.54 Å². The SMILES string of the molecule is CCC(C)(NC(=O)NCC1CCN(C(C)C)C1)C(=O)O. The summed E-state index contributed by atoms with van der Waals surface area (Å²) < 4.78 is 0. The van der Waals surface area contributed by atoms with E-state index in [1.54, 1.807) is 6.92 Å². The third-order valence-electron chi connectivity index (χ3n) is 4.17. The number of nitrogens with zero attached hydrogens (tertiary/aromatic N) is 1. The lowest BCUT2D eigenvalue weighted by atomic mass is 10.00. The number of urea groups is 1. The minimum atomic E-state index is -1.20. The van der Waals surface area contributed by atoms with Crippen LogP contribution in [0.1, 0.15) is 40.5 Å². The van der Waals surface area contributed by atoms with Crippen LogP contribution in [0.4, 0.5) is 4.79 Å². The van der Waals surface area contributed by atoms with Gasteiger partial charge in [0.2, 0.25) is 0 Å². The first-order chi connectivity index (χ1) is 9.28. The van der Waals surface area contributed by atoms with Gasteiger partial charge in [0, 0.05) is 19.1 Å². The quantitative estimate of drug-likeness (QED) is 0.686. The predicted octanol–water partition coefficient (Wildman–Crippen LogP) is 1.27. The molecule has 0 spiro atoms. The average molecular weight is 285 g/mol. The maximum atomic E-state index is 11.8. The number of carboxylic acids is 1. The number of hydrogen-bond acceptors (Lipinski definition) is 3. The summed E-state index contributed by atoms with van der Waals surface area (Å²) in [6.07, 6.45) is 1.42. The molecule has 1 fully saturated rings. The second-order valence-electron chi connectivity index (χ2n) is 6.07. The van der Waals surface area contributed by atoms with E-state index in [0.717, 1.165) is 19.5 Å². The Kier molecular flexibility index (Phi) is 5.80. The van der Waals surface area contributed by atoms with Crippen LogP contribution in [0.15, 0.2) is 0 Å². The number of carbonyl (C=O) groups excluding carboxylic acids is 1. The van der Waals surface area contributed by atoms with Crippen LogP contribution in [0, 0.1) is 5.92 Å². The average Bonchev–Trinajstić information content (AvgIpc) is 2.85. The van der Waals surface area contributed by atoms with Gasteiger partial charge in [0.15, 0.2) is 0 Å². The standard InChI is InChI=1S/C14H27N3O3/c1-5-14(4,12(18)19)16-13(20)15-8-11-6-7-17(9-11)10(2)3/h10-11H,5-9H2,1-4H3,(H,18,19)(H2,15,16,20). The molecular formula is C14H27N3O3. The molecule has 0 radical (unpaired) electrons. The van der Waals surface area contributed by atoms with E-state index >= 15 is 0 Å². The Morgan fingerprint density at radius 1 is 1.45 bits per heavy atom. The molecule has 0 aromatic carbocycles. The second kappa shape index (κ2) is 6.92. The monoisotopic (exact) mass is 285 g/mol. The van der Waals surface area contributed by atoms with Gasteiger partial charge in [-0.2, -0.15) is 0 Å². The summed E-state index contributed by atoms with van der Waals surface area (Å²) in [6.45, 7) is 10.2. The van der Waals surface area contributed by atoms with Crippen LogP contribution in [0.3, 0.4) is 0 Å². The first-order valence-corrected chi connectivity index (χ1v) is 7.32. The Balaban J connectivity index is 2.36. The lowest BCUT2D eigenvalue weighted by molar-refractivity contribution is -0.143. The molecule has 2 amide bonds. The van der Waals surface area contributed by atoms with Gasteiger partial charge < -0.3 is 20.6 Å². The van der Waals surface area contributed by atoms with Gasteiger partial charge in [-0.3, -0.25) is 0 Å². The highest BCUT2D eigenvalue weighted by molar-refractivity contribution is 5.85. The van der Waals surface area contributed by atoms with Gasteiger partial charge in [0.25, 0.3) is 0 Å². The minimum Gasteiger partial charge on any atom is -0.480 e. The number of nitrogens with one attached hydrogen (secondary N) is 2. The highest BCUT2D eigenvalue weighted by atomic mass is 16.4. The van der Waals surface area contributed by atoms with Gasteiger partial charge in [0.05, 0.1) is 0 Å². The van der Waals surface area contributed by atoms with Crippen LogP contribution in [0.5, 0.6) is 0 Å². The molecule has 0 aromatic heterocycles. The second-order valence-corrected chi connectivity index (χ2v) is 6.07. The summed E-state index contributed by atoms with van der Waals surface area (Å²) in [7, 11) is 0. The normalized spacial score (nSPS) is 22.6. The maximum absolute atomic E-state index is 11.8. The number of hydrogen-bond donors (Lipinski definition) is 3. The van der Waals surface area contributed by atoms with Crippen LogP contribution in [-0.4, -0.2) is 53.2 Å². The van der Waals surface area contributed by atoms with Crippen LogP contribution in [0.2, 0.25) is 0 Å². The van der Waals surface area contributed by atoms with E-state index in [9.17, 15) is 9.59 Å².